The van der Waals surface area contributed by atoms with E-state index in [1.54, 1.807) is 0 Å². The van der Waals surface area contributed by atoms with Crippen molar-refractivity contribution in [2.45, 2.75) is 18.9 Å². The zero-order chi connectivity index (χ0) is 13.8. The van der Waals surface area contributed by atoms with Crippen molar-refractivity contribution in [3.8, 4) is 0 Å². The maximum atomic E-state index is 11.9. The highest BCUT2D eigenvalue weighted by atomic mass is 16.4. The molecule has 1 saturated heterocycles. The van der Waals surface area contributed by atoms with Crippen molar-refractivity contribution >= 4 is 17.9 Å². The molecule has 2 rings (SSSR count). The first-order chi connectivity index (χ1) is 9.08. The Morgan fingerprint density at radius 3 is 2.58 bits per heavy atom. The fourth-order valence-electron chi connectivity index (χ4n) is 1.92. The zero-order valence-corrected chi connectivity index (χ0v) is 10.2. The van der Waals surface area contributed by atoms with Crippen LogP contribution >= 0.6 is 0 Å². The lowest BCUT2D eigenvalue weighted by molar-refractivity contribution is -0.138. The molecule has 1 aliphatic heterocycles. The van der Waals surface area contributed by atoms with Crippen LogP contribution in [0.1, 0.15) is 12.0 Å². The van der Waals surface area contributed by atoms with E-state index in [9.17, 15) is 14.4 Å². The summed E-state index contributed by atoms with van der Waals surface area (Å²) in [5.74, 6) is -1.49. The number of hydrogen-bond donors (Lipinski definition) is 2. The van der Waals surface area contributed by atoms with E-state index < -0.39 is 18.0 Å². The third-order valence-electron chi connectivity index (χ3n) is 2.98. The van der Waals surface area contributed by atoms with E-state index in [0.717, 1.165) is 10.5 Å². The Kier molecular flexibility index (Phi) is 3.79. The van der Waals surface area contributed by atoms with Crippen LogP contribution in [0.5, 0.6) is 0 Å². The highest BCUT2D eigenvalue weighted by molar-refractivity contribution is 5.99. The van der Waals surface area contributed by atoms with E-state index in [1.165, 1.54) is 0 Å². The van der Waals surface area contributed by atoms with Crippen molar-refractivity contribution in [2.75, 3.05) is 6.54 Å². The summed E-state index contributed by atoms with van der Waals surface area (Å²) in [5, 5.41) is 11.0. The van der Waals surface area contributed by atoms with Crippen LogP contribution in [0.15, 0.2) is 30.3 Å². The number of carbonyl (C=O) groups is 3. The van der Waals surface area contributed by atoms with Gasteiger partial charge in [0, 0.05) is 6.42 Å². The van der Waals surface area contributed by atoms with Crippen molar-refractivity contribution in [3.05, 3.63) is 35.9 Å². The third kappa shape index (κ3) is 3.09. The highest BCUT2D eigenvalue weighted by Gasteiger charge is 2.36. The smallest absolute Gasteiger partial charge is 0.328 e. The number of hydrogen-bond acceptors (Lipinski definition) is 3. The van der Waals surface area contributed by atoms with Gasteiger partial charge in [0.15, 0.2) is 0 Å². The number of aliphatic carboxylic acids is 1. The summed E-state index contributed by atoms with van der Waals surface area (Å²) in [6, 6.07) is 7.80. The van der Waals surface area contributed by atoms with Gasteiger partial charge in [-0.1, -0.05) is 30.3 Å². The van der Waals surface area contributed by atoms with Crippen LogP contribution in [-0.4, -0.2) is 40.5 Å². The molecule has 0 bridgehead atoms. The summed E-state index contributed by atoms with van der Waals surface area (Å²) in [6.07, 6.45) is 0.713. The molecule has 19 heavy (non-hydrogen) atoms. The molecule has 1 fully saturated rings. The molecular formula is C13H14N2O4. The van der Waals surface area contributed by atoms with Gasteiger partial charge >= 0.3 is 12.0 Å². The van der Waals surface area contributed by atoms with Crippen LogP contribution in [-0.2, 0) is 16.0 Å². The van der Waals surface area contributed by atoms with Gasteiger partial charge in [-0.05, 0) is 12.0 Å². The summed E-state index contributed by atoms with van der Waals surface area (Å²) in [5.41, 5.74) is 1.00. The summed E-state index contributed by atoms with van der Waals surface area (Å²) in [7, 11) is 0. The number of rotatable bonds is 4. The Balaban J connectivity index is 1.90. The number of carbonyl (C=O) groups excluding carboxylic acids is 2. The minimum Gasteiger partial charge on any atom is -0.480 e. The fourth-order valence-corrected chi connectivity index (χ4v) is 1.92. The Morgan fingerprint density at radius 2 is 2.00 bits per heavy atom. The molecule has 0 aliphatic carbocycles. The zero-order valence-electron chi connectivity index (χ0n) is 10.2. The Morgan fingerprint density at radius 1 is 1.32 bits per heavy atom. The van der Waals surface area contributed by atoms with Gasteiger partial charge < -0.3 is 10.4 Å². The Bertz CT molecular complexity index is 501. The van der Waals surface area contributed by atoms with Crippen molar-refractivity contribution in [2.24, 2.45) is 0 Å². The van der Waals surface area contributed by atoms with Gasteiger partial charge in [0.2, 0.25) is 5.91 Å². The fraction of sp³-hybridized carbons (Fsp3) is 0.308. The van der Waals surface area contributed by atoms with Gasteiger partial charge in [-0.2, -0.15) is 0 Å². The molecule has 3 amide bonds. The predicted octanol–water partition coefficient (Wildman–Crippen LogP) is 0.624. The van der Waals surface area contributed by atoms with Crippen LogP contribution in [0.3, 0.4) is 0 Å². The van der Waals surface area contributed by atoms with Crippen molar-refractivity contribution in [1.82, 2.24) is 10.2 Å². The van der Waals surface area contributed by atoms with Gasteiger partial charge in [0.05, 0.1) is 6.54 Å². The summed E-state index contributed by atoms with van der Waals surface area (Å²) < 4.78 is 0. The molecule has 0 unspecified atom stereocenters. The molecule has 1 heterocycles. The number of carboxylic acid groups (broad SMARTS) is 1. The van der Waals surface area contributed by atoms with E-state index in [-0.39, 0.29) is 18.9 Å². The standard InChI is InChI=1S/C13H14N2O4/c16-11(7-6-9-4-2-1-3-5-9)15-8-10(12(17)18)14-13(15)19/h1-5,10H,6-8H2,(H,14,19)(H,17,18)/t10-/m1/s1. The normalized spacial score (nSPS) is 18.2. The second-order valence-electron chi connectivity index (χ2n) is 4.33. The summed E-state index contributed by atoms with van der Waals surface area (Å²) >= 11 is 0. The number of carboxylic acids is 1. The molecule has 1 aliphatic rings. The Labute approximate surface area is 110 Å². The second kappa shape index (κ2) is 5.51. The number of amides is 3. The molecule has 6 heteroatoms. The lowest BCUT2D eigenvalue weighted by atomic mass is 10.1. The lowest BCUT2D eigenvalue weighted by Gasteiger charge is -2.11. The van der Waals surface area contributed by atoms with Crippen LogP contribution < -0.4 is 5.32 Å². The summed E-state index contributed by atoms with van der Waals surface area (Å²) in [4.78, 5) is 35.0. The molecule has 1 aromatic rings. The van der Waals surface area contributed by atoms with Crippen LogP contribution in [0, 0.1) is 0 Å². The molecule has 2 N–H and O–H groups in total. The lowest BCUT2D eigenvalue weighted by Crippen LogP contribution is -2.34. The second-order valence-corrected chi connectivity index (χ2v) is 4.33. The van der Waals surface area contributed by atoms with Gasteiger partial charge in [-0.15, -0.1) is 0 Å². The van der Waals surface area contributed by atoms with Gasteiger partial charge in [0.1, 0.15) is 6.04 Å². The molecule has 1 aromatic carbocycles. The SMILES string of the molecule is O=C(O)[C@H]1CN(C(=O)CCc2ccccc2)C(=O)N1. The van der Waals surface area contributed by atoms with Crippen LogP contribution in [0.2, 0.25) is 0 Å². The van der Waals surface area contributed by atoms with Crippen LogP contribution in [0.4, 0.5) is 4.79 Å². The van der Waals surface area contributed by atoms with E-state index in [0.29, 0.717) is 6.42 Å². The molecular weight excluding hydrogens is 248 g/mol. The van der Waals surface area contributed by atoms with Crippen molar-refractivity contribution in [1.29, 1.82) is 0 Å². The highest BCUT2D eigenvalue weighted by Crippen LogP contribution is 2.09. The minimum absolute atomic E-state index is 0.109. The quantitative estimate of drug-likeness (QED) is 0.833. The summed E-state index contributed by atoms with van der Waals surface area (Å²) in [6.45, 7) is -0.109. The first-order valence-corrected chi connectivity index (χ1v) is 5.95. The van der Waals surface area contributed by atoms with Crippen molar-refractivity contribution < 1.29 is 19.5 Å². The van der Waals surface area contributed by atoms with E-state index in [2.05, 4.69) is 5.32 Å². The first kappa shape index (κ1) is 13.1. The van der Waals surface area contributed by atoms with Gasteiger partial charge in [-0.25, -0.2) is 9.59 Å². The maximum Gasteiger partial charge on any atom is 0.328 e. The predicted molar refractivity (Wildman–Crippen MR) is 66.4 cm³/mol. The Hall–Kier alpha value is -2.37. The monoisotopic (exact) mass is 262 g/mol. The number of aryl methyl sites for hydroxylation is 1. The van der Waals surface area contributed by atoms with Gasteiger partial charge in [0.25, 0.3) is 0 Å². The van der Waals surface area contributed by atoms with Crippen molar-refractivity contribution in [3.63, 3.8) is 0 Å². The number of nitrogens with one attached hydrogen (secondary N) is 1. The molecule has 1 atom stereocenters. The number of nitrogens with zero attached hydrogens (tertiary/aromatic N) is 1. The average molecular weight is 262 g/mol. The van der Waals surface area contributed by atoms with E-state index in [4.69, 9.17) is 5.11 Å². The largest absolute Gasteiger partial charge is 0.480 e. The number of urea groups is 1. The topological polar surface area (TPSA) is 86.7 Å². The molecule has 6 nitrogen and oxygen atoms in total. The van der Waals surface area contributed by atoms with Crippen LogP contribution in [0.25, 0.3) is 0 Å². The average Bonchev–Trinajstić information content (AvgIpc) is 2.80. The first-order valence-electron chi connectivity index (χ1n) is 5.95. The number of imide groups is 1. The molecule has 0 spiro atoms. The van der Waals surface area contributed by atoms with Gasteiger partial charge in [-0.3, -0.25) is 9.69 Å². The molecule has 0 radical (unpaired) electrons. The van der Waals surface area contributed by atoms with E-state index >= 15 is 0 Å². The number of benzene rings is 1. The third-order valence-corrected chi connectivity index (χ3v) is 2.98. The maximum absolute atomic E-state index is 11.9. The van der Waals surface area contributed by atoms with E-state index in [1.807, 2.05) is 30.3 Å². The molecule has 100 valence electrons. The molecule has 0 saturated carbocycles. The molecule has 0 aromatic heterocycles. The minimum atomic E-state index is -1.13.